The maximum Gasteiger partial charge on any atom is 0.220 e. The largest absolute Gasteiger partial charge is 0.494 e. The number of Topliss-reactive ketones (excluding diaryl/α,β-unsaturated/α-hetero) is 1. The molecule has 0 fully saturated rings. The summed E-state index contributed by atoms with van der Waals surface area (Å²) in [6.45, 7) is 3.98. The summed E-state index contributed by atoms with van der Waals surface area (Å²) in [6, 6.07) is 25.0. The molecule has 3 rings (SSSR count). The number of amides is 1. The van der Waals surface area contributed by atoms with E-state index in [1.807, 2.05) is 61.5 Å². The molecule has 1 amide bonds. The molecule has 5 nitrogen and oxygen atoms in total. The van der Waals surface area contributed by atoms with Gasteiger partial charge in [0.05, 0.1) is 19.8 Å². The molecule has 0 aromatic heterocycles. The molecule has 32 heavy (non-hydrogen) atoms. The first kappa shape index (κ1) is 23.2. The summed E-state index contributed by atoms with van der Waals surface area (Å²) in [7, 11) is 0. The van der Waals surface area contributed by atoms with Crippen LogP contribution >= 0.6 is 0 Å². The van der Waals surface area contributed by atoms with Gasteiger partial charge in [-0.3, -0.25) is 9.59 Å². The number of hydrogen-bond donors (Lipinski definition) is 1. The second-order valence-electron chi connectivity index (χ2n) is 7.46. The summed E-state index contributed by atoms with van der Waals surface area (Å²) in [5.41, 5.74) is 3.77. The van der Waals surface area contributed by atoms with E-state index in [0.717, 1.165) is 22.4 Å². The molecule has 1 N–H and O–H groups in total. The van der Waals surface area contributed by atoms with E-state index in [4.69, 9.17) is 9.47 Å². The summed E-state index contributed by atoms with van der Waals surface area (Å²) in [4.78, 5) is 24.5. The van der Waals surface area contributed by atoms with E-state index >= 15 is 0 Å². The molecular formula is C27H29NO4. The molecule has 0 atom stereocenters. The van der Waals surface area contributed by atoms with Gasteiger partial charge in [-0.2, -0.15) is 0 Å². The molecule has 0 bridgehead atoms. The Balaban J connectivity index is 1.39. The lowest BCUT2D eigenvalue weighted by molar-refractivity contribution is -0.121. The van der Waals surface area contributed by atoms with E-state index in [9.17, 15) is 9.59 Å². The molecule has 0 radical (unpaired) electrons. The average Bonchev–Trinajstić information content (AvgIpc) is 2.83. The first-order chi connectivity index (χ1) is 15.6. The minimum absolute atomic E-state index is 0.0549. The van der Waals surface area contributed by atoms with Crippen molar-refractivity contribution in [2.45, 2.75) is 39.5 Å². The lowest BCUT2D eigenvalue weighted by Gasteiger charge is -2.09. The van der Waals surface area contributed by atoms with Crippen molar-refractivity contribution in [2.24, 2.45) is 0 Å². The monoisotopic (exact) mass is 431 g/mol. The zero-order valence-corrected chi connectivity index (χ0v) is 18.4. The topological polar surface area (TPSA) is 64.6 Å². The number of rotatable bonds is 12. The molecule has 5 heteroatoms. The number of hydrogen-bond acceptors (Lipinski definition) is 4. The van der Waals surface area contributed by atoms with Crippen molar-refractivity contribution in [1.29, 1.82) is 0 Å². The molecule has 0 saturated carbocycles. The maximum absolute atomic E-state index is 12.3. The van der Waals surface area contributed by atoms with Gasteiger partial charge in [-0.1, -0.05) is 54.6 Å². The fourth-order valence-electron chi connectivity index (χ4n) is 3.25. The van der Waals surface area contributed by atoms with E-state index in [0.29, 0.717) is 31.9 Å². The Morgan fingerprint density at radius 1 is 0.781 bits per heavy atom. The molecule has 0 unspecified atom stereocenters. The van der Waals surface area contributed by atoms with Crippen LogP contribution in [0.15, 0.2) is 78.9 Å². The third-order valence-electron chi connectivity index (χ3n) is 4.93. The van der Waals surface area contributed by atoms with Crippen molar-refractivity contribution in [2.75, 3.05) is 6.61 Å². The zero-order chi connectivity index (χ0) is 22.6. The highest BCUT2D eigenvalue weighted by Gasteiger charge is 2.10. The van der Waals surface area contributed by atoms with Crippen LogP contribution in [0.25, 0.3) is 0 Å². The van der Waals surface area contributed by atoms with Crippen LogP contribution in [0.5, 0.6) is 5.75 Å². The van der Waals surface area contributed by atoms with Crippen molar-refractivity contribution in [3.8, 4) is 5.75 Å². The molecule has 3 aromatic rings. The number of ether oxygens (including phenoxy) is 2. The Labute approximate surface area is 189 Å². The predicted molar refractivity (Wildman–Crippen MR) is 124 cm³/mol. The zero-order valence-electron chi connectivity index (χ0n) is 18.4. The molecule has 0 spiro atoms. The van der Waals surface area contributed by atoms with Crippen molar-refractivity contribution in [3.05, 3.63) is 101 Å². The van der Waals surface area contributed by atoms with Gasteiger partial charge in [0.15, 0.2) is 5.78 Å². The SMILES string of the molecule is CCOc1ccc(C(=O)CCC(=O)NCc2cccc(COCc3ccccc3)c2)cc1. The minimum atomic E-state index is -0.144. The normalized spacial score (nSPS) is 10.5. The maximum atomic E-state index is 12.3. The molecule has 3 aromatic carbocycles. The molecule has 0 aliphatic heterocycles. The lowest BCUT2D eigenvalue weighted by Crippen LogP contribution is -2.23. The first-order valence-corrected chi connectivity index (χ1v) is 10.9. The fourth-order valence-corrected chi connectivity index (χ4v) is 3.25. The Kier molecular flexibility index (Phi) is 9.02. The number of ketones is 1. The number of carbonyl (C=O) groups excluding carboxylic acids is 2. The van der Waals surface area contributed by atoms with E-state index < -0.39 is 0 Å². The highest BCUT2D eigenvalue weighted by molar-refractivity contribution is 5.98. The smallest absolute Gasteiger partial charge is 0.220 e. The van der Waals surface area contributed by atoms with Crippen LogP contribution < -0.4 is 10.1 Å². The van der Waals surface area contributed by atoms with Gasteiger partial charge in [0.1, 0.15) is 5.75 Å². The van der Waals surface area contributed by atoms with Crippen LogP contribution in [0, 0.1) is 0 Å². The van der Waals surface area contributed by atoms with Gasteiger partial charge < -0.3 is 14.8 Å². The molecule has 0 aliphatic carbocycles. The van der Waals surface area contributed by atoms with Crippen molar-refractivity contribution in [3.63, 3.8) is 0 Å². The van der Waals surface area contributed by atoms with Gasteiger partial charge in [-0.15, -0.1) is 0 Å². The van der Waals surface area contributed by atoms with Crippen LogP contribution in [0.2, 0.25) is 0 Å². The van der Waals surface area contributed by atoms with Gasteiger partial charge in [0, 0.05) is 24.9 Å². The third-order valence-corrected chi connectivity index (χ3v) is 4.93. The van der Waals surface area contributed by atoms with Gasteiger partial charge in [-0.05, 0) is 47.9 Å². The lowest BCUT2D eigenvalue weighted by atomic mass is 10.1. The van der Waals surface area contributed by atoms with Crippen molar-refractivity contribution < 1.29 is 19.1 Å². The Morgan fingerprint density at radius 3 is 2.22 bits per heavy atom. The third kappa shape index (κ3) is 7.67. The highest BCUT2D eigenvalue weighted by atomic mass is 16.5. The minimum Gasteiger partial charge on any atom is -0.494 e. The summed E-state index contributed by atoms with van der Waals surface area (Å²) >= 11 is 0. The predicted octanol–water partition coefficient (Wildman–Crippen LogP) is 5.08. The first-order valence-electron chi connectivity index (χ1n) is 10.9. The van der Waals surface area contributed by atoms with Crippen LogP contribution in [0.1, 0.15) is 46.8 Å². The van der Waals surface area contributed by atoms with E-state index in [1.54, 1.807) is 24.3 Å². The summed E-state index contributed by atoms with van der Waals surface area (Å²) in [5, 5.41) is 2.89. The number of nitrogens with one attached hydrogen (secondary N) is 1. The Hall–Kier alpha value is -3.44. The van der Waals surface area contributed by atoms with Crippen LogP contribution in [0.3, 0.4) is 0 Å². The van der Waals surface area contributed by atoms with Gasteiger partial charge in [-0.25, -0.2) is 0 Å². The van der Waals surface area contributed by atoms with Crippen molar-refractivity contribution in [1.82, 2.24) is 5.32 Å². The Bertz CT molecular complexity index is 1000. The number of carbonyl (C=O) groups is 2. The van der Waals surface area contributed by atoms with Gasteiger partial charge in [0.25, 0.3) is 0 Å². The van der Waals surface area contributed by atoms with Gasteiger partial charge in [0.2, 0.25) is 5.91 Å². The quantitative estimate of drug-likeness (QED) is 0.406. The molecule has 166 valence electrons. The standard InChI is InChI=1S/C27H29NO4/c1-2-32-25-13-11-24(12-14-25)26(29)15-16-27(30)28-18-22-9-6-10-23(17-22)20-31-19-21-7-4-3-5-8-21/h3-14,17H,2,15-16,18-20H2,1H3,(H,28,30). The summed E-state index contributed by atoms with van der Waals surface area (Å²) in [5.74, 6) is 0.533. The van der Waals surface area contributed by atoms with Crippen LogP contribution in [-0.2, 0) is 29.3 Å². The molecular weight excluding hydrogens is 402 g/mol. The molecule has 0 aliphatic rings. The van der Waals surface area contributed by atoms with Gasteiger partial charge >= 0.3 is 0 Å². The van der Waals surface area contributed by atoms with Crippen LogP contribution in [0.4, 0.5) is 0 Å². The molecule has 0 saturated heterocycles. The highest BCUT2D eigenvalue weighted by Crippen LogP contribution is 2.14. The summed E-state index contributed by atoms with van der Waals surface area (Å²) in [6.07, 6.45) is 0.332. The van der Waals surface area contributed by atoms with E-state index in [-0.39, 0.29) is 24.5 Å². The van der Waals surface area contributed by atoms with Crippen LogP contribution in [-0.4, -0.2) is 18.3 Å². The number of benzene rings is 3. The van der Waals surface area contributed by atoms with E-state index in [2.05, 4.69) is 5.32 Å². The Morgan fingerprint density at radius 2 is 1.47 bits per heavy atom. The molecule has 0 heterocycles. The van der Waals surface area contributed by atoms with Crippen molar-refractivity contribution >= 4 is 11.7 Å². The summed E-state index contributed by atoms with van der Waals surface area (Å²) < 4.78 is 11.2. The van der Waals surface area contributed by atoms with E-state index in [1.165, 1.54) is 0 Å². The second-order valence-corrected chi connectivity index (χ2v) is 7.46. The fraction of sp³-hybridized carbons (Fsp3) is 0.259. The second kappa shape index (κ2) is 12.4. The average molecular weight is 432 g/mol.